The Balaban J connectivity index is 1.93. The third kappa shape index (κ3) is 2.70. The van der Waals surface area contributed by atoms with E-state index in [0.717, 1.165) is 43.6 Å². The minimum Gasteiger partial charge on any atom is -0.388 e. The fraction of sp³-hybridized carbons (Fsp3) is 0.667. The molecule has 0 amide bonds. The second kappa shape index (κ2) is 4.78. The molecule has 0 radical (unpaired) electrons. The number of aryl methyl sites for hydroxylation is 1. The van der Waals surface area contributed by atoms with Gasteiger partial charge in [-0.3, -0.25) is 0 Å². The van der Waals surface area contributed by atoms with Crippen LogP contribution in [0.2, 0.25) is 0 Å². The molecule has 88 valence electrons. The molecule has 1 aromatic heterocycles. The van der Waals surface area contributed by atoms with E-state index in [1.165, 1.54) is 0 Å². The molecule has 2 N–H and O–H groups in total. The molecule has 0 atom stereocenters. The SMILES string of the molecule is CCc1cc(NCC2(O)CCCC2)ncn1. The summed E-state index contributed by atoms with van der Waals surface area (Å²) in [5.41, 5.74) is 0.494. The van der Waals surface area contributed by atoms with Gasteiger partial charge in [0.2, 0.25) is 0 Å². The van der Waals surface area contributed by atoms with E-state index in [-0.39, 0.29) is 0 Å². The second-order valence-electron chi connectivity index (χ2n) is 4.53. The Kier molecular flexibility index (Phi) is 3.39. The number of hydrogen-bond acceptors (Lipinski definition) is 4. The van der Waals surface area contributed by atoms with Gasteiger partial charge in [-0.2, -0.15) is 0 Å². The number of hydrogen-bond donors (Lipinski definition) is 2. The van der Waals surface area contributed by atoms with Crippen molar-refractivity contribution in [3.05, 3.63) is 18.1 Å². The Morgan fingerprint density at radius 1 is 1.38 bits per heavy atom. The molecule has 4 nitrogen and oxygen atoms in total. The third-order valence-electron chi connectivity index (χ3n) is 3.22. The van der Waals surface area contributed by atoms with Crippen molar-refractivity contribution in [2.75, 3.05) is 11.9 Å². The van der Waals surface area contributed by atoms with Crippen molar-refractivity contribution in [2.45, 2.75) is 44.6 Å². The summed E-state index contributed by atoms with van der Waals surface area (Å²) in [6.45, 7) is 2.66. The van der Waals surface area contributed by atoms with Gasteiger partial charge in [0.15, 0.2) is 0 Å². The van der Waals surface area contributed by atoms with Crippen LogP contribution in [0, 0.1) is 0 Å². The minimum atomic E-state index is -0.530. The predicted octanol–water partition coefficient (Wildman–Crippen LogP) is 1.76. The molecule has 1 aliphatic rings. The highest BCUT2D eigenvalue weighted by Crippen LogP contribution is 2.29. The van der Waals surface area contributed by atoms with Crippen molar-refractivity contribution < 1.29 is 5.11 Å². The van der Waals surface area contributed by atoms with Crippen molar-refractivity contribution in [2.24, 2.45) is 0 Å². The van der Waals surface area contributed by atoms with Crippen LogP contribution in [0.1, 0.15) is 38.3 Å². The van der Waals surface area contributed by atoms with E-state index in [4.69, 9.17) is 0 Å². The molecule has 0 aliphatic heterocycles. The molecule has 0 bridgehead atoms. The van der Waals surface area contributed by atoms with Crippen molar-refractivity contribution >= 4 is 5.82 Å². The van der Waals surface area contributed by atoms with Crippen LogP contribution in [-0.2, 0) is 6.42 Å². The standard InChI is InChI=1S/C12H19N3O/c1-2-10-7-11(15-9-14-10)13-8-12(16)5-3-4-6-12/h7,9,16H,2-6,8H2,1H3,(H,13,14,15). The van der Waals surface area contributed by atoms with Crippen LogP contribution in [0.4, 0.5) is 5.82 Å². The Bertz CT molecular complexity index is 348. The summed E-state index contributed by atoms with van der Waals surface area (Å²) < 4.78 is 0. The first-order chi connectivity index (χ1) is 7.72. The maximum Gasteiger partial charge on any atom is 0.129 e. The predicted molar refractivity (Wildman–Crippen MR) is 63.3 cm³/mol. The van der Waals surface area contributed by atoms with Crippen LogP contribution in [0.25, 0.3) is 0 Å². The average molecular weight is 221 g/mol. The molecule has 16 heavy (non-hydrogen) atoms. The zero-order chi connectivity index (χ0) is 11.4. The lowest BCUT2D eigenvalue weighted by Gasteiger charge is -2.22. The summed E-state index contributed by atoms with van der Waals surface area (Å²) in [4.78, 5) is 8.29. The van der Waals surface area contributed by atoms with Crippen LogP contribution in [0.5, 0.6) is 0 Å². The number of aliphatic hydroxyl groups is 1. The van der Waals surface area contributed by atoms with E-state index in [0.29, 0.717) is 6.54 Å². The van der Waals surface area contributed by atoms with E-state index in [1.807, 2.05) is 6.07 Å². The Hall–Kier alpha value is -1.16. The second-order valence-corrected chi connectivity index (χ2v) is 4.53. The van der Waals surface area contributed by atoms with E-state index in [1.54, 1.807) is 6.33 Å². The summed E-state index contributed by atoms with van der Waals surface area (Å²) in [7, 11) is 0. The fourth-order valence-corrected chi connectivity index (χ4v) is 2.15. The maximum atomic E-state index is 10.2. The molecule has 1 aliphatic carbocycles. The minimum absolute atomic E-state index is 0.530. The highest BCUT2D eigenvalue weighted by atomic mass is 16.3. The van der Waals surface area contributed by atoms with Crippen molar-refractivity contribution in [3.63, 3.8) is 0 Å². The number of rotatable bonds is 4. The van der Waals surface area contributed by atoms with Gasteiger partial charge >= 0.3 is 0 Å². The lowest BCUT2D eigenvalue weighted by Crippen LogP contribution is -2.33. The van der Waals surface area contributed by atoms with E-state index in [9.17, 15) is 5.11 Å². The van der Waals surface area contributed by atoms with Crippen molar-refractivity contribution in [3.8, 4) is 0 Å². The van der Waals surface area contributed by atoms with E-state index >= 15 is 0 Å². The first-order valence-corrected chi connectivity index (χ1v) is 5.99. The van der Waals surface area contributed by atoms with E-state index in [2.05, 4.69) is 22.2 Å². The quantitative estimate of drug-likeness (QED) is 0.813. The van der Waals surface area contributed by atoms with Crippen LogP contribution in [0.3, 0.4) is 0 Å². The van der Waals surface area contributed by atoms with E-state index < -0.39 is 5.60 Å². The molecule has 0 saturated heterocycles. The van der Waals surface area contributed by atoms with Gasteiger partial charge < -0.3 is 10.4 Å². The first-order valence-electron chi connectivity index (χ1n) is 5.99. The molecule has 2 rings (SSSR count). The fourth-order valence-electron chi connectivity index (χ4n) is 2.15. The average Bonchev–Trinajstić information content (AvgIpc) is 2.75. The summed E-state index contributed by atoms with van der Waals surface area (Å²) in [6.07, 6.45) is 6.52. The third-order valence-corrected chi connectivity index (χ3v) is 3.22. The Morgan fingerprint density at radius 2 is 2.12 bits per heavy atom. The van der Waals surface area contributed by atoms with Crippen molar-refractivity contribution in [1.82, 2.24) is 9.97 Å². The first kappa shape index (κ1) is 11.3. The molecule has 0 unspecified atom stereocenters. The molecule has 0 aromatic carbocycles. The van der Waals surface area contributed by atoms with Gasteiger partial charge in [0.25, 0.3) is 0 Å². The monoisotopic (exact) mass is 221 g/mol. The van der Waals surface area contributed by atoms with Gasteiger partial charge in [-0.05, 0) is 19.3 Å². The van der Waals surface area contributed by atoms with Crippen LogP contribution < -0.4 is 5.32 Å². The smallest absolute Gasteiger partial charge is 0.129 e. The summed E-state index contributed by atoms with van der Waals surface area (Å²) in [5.74, 6) is 0.812. The van der Waals surface area contributed by atoms with Gasteiger partial charge in [0.1, 0.15) is 12.1 Å². The molecule has 1 saturated carbocycles. The molecule has 4 heteroatoms. The highest BCUT2D eigenvalue weighted by molar-refractivity contribution is 5.35. The number of aromatic nitrogens is 2. The van der Waals surface area contributed by atoms with Crippen LogP contribution >= 0.6 is 0 Å². The Morgan fingerprint density at radius 3 is 2.81 bits per heavy atom. The highest BCUT2D eigenvalue weighted by Gasteiger charge is 2.30. The van der Waals surface area contributed by atoms with Crippen LogP contribution in [0.15, 0.2) is 12.4 Å². The molecule has 1 aromatic rings. The zero-order valence-corrected chi connectivity index (χ0v) is 9.74. The molecule has 0 spiro atoms. The van der Waals surface area contributed by atoms with Gasteiger partial charge in [0.05, 0.1) is 5.60 Å². The summed E-state index contributed by atoms with van der Waals surface area (Å²) >= 11 is 0. The molecular formula is C12H19N3O. The number of nitrogens with zero attached hydrogens (tertiary/aromatic N) is 2. The molecular weight excluding hydrogens is 202 g/mol. The lowest BCUT2D eigenvalue weighted by atomic mass is 10.0. The number of nitrogens with one attached hydrogen (secondary N) is 1. The maximum absolute atomic E-state index is 10.2. The van der Waals surface area contributed by atoms with Crippen molar-refractivity contribution in [1.29, 1.82) is 0 Å². The lowest BCUT2D eigenvalue weighted by molar-refractivity contribution is 0.0614. The van der Waals surface area contributed by atoms with Crippen LogP contribution in [-0.4, -0.2) is 27.2 Å². The Labute approximate surface area is 96.1 Å². The van der Waals surface area contributed by atoms with Gasteiger partial charge in [0, 0.05) is 18.3 Å². The summed E-state index contributed by atoms with van der Waals surface area (Å²) in [6, 6.07) is 1.94. The molecule has 1 fully saturated rings. The summed E-state index contributed by atoms with van der Waals surface area (Å²) in [5, 5.41) is 13.4. The van der Waals surface area contributed by atoms with Gasteiger partial charge in [-0.1, -0.05) is 19.8 Å². The zero-order valence-electron chi connectivity index (χ0n) is 9.74. The van der Waals surface area contributed by atoms with Gasteiger partial charge in [-0.15, -0.1) is 0 Å². The molecule has 1 heterocycles. The number of anilines is 1. The largest absolute Gasteiger partial charge is 0.388 e. The normalized spacial score (nSPS) is 18.6. The van der Waals surface area contributed by atoms with Gasteiger partial charge in [-0.25, -0.2) is 9.97 Å². The topological polar surface area (TPSA) is 58.0 Å².